The van der Waals surface area contributed by atoms with E-state index in [4.69, 9.17) is 5.10 Å². The highest BCUT2D eigenvalue weighted by Crippen LogP contribution is 2.25. The van der Waals surface area contributed by atoms with Gasteiger partial charge in [-0.15, -0.1) is 5.10 Å². The highest BCUT2D eigenvalue weighted by molar-refractivity contribution is 5.63. The Morgan fingerprint density at radius 3 is 2.42 bits per heavy atom. The van der Waals surface area contributed by atoms with Gasteiger partial charge >= 0.3 is 0 Å². The molecule has 6 nitrogen and oxygen atoms in total. The average molecular weight is 345 g/mol. The lowest BCUT2D eigenvalue weighted by Crippen LogP contribution is -2.01. The molecule has 26 heavy (non-hydrogen) atoms. The smallest absolute Gasteiger partial charge is 0.108 e. The summed E-state index contributed by atoms with van der Waals surface area (Å²) in [6.45, 7) is 2.48. The number of para-hydroxylation sites is 1. The number of aliphatic hydroxyl groups is 1. The topological polar surface area (TPSA) is 68.8 Å². The summed E-state index contributed by atoms with van der Waals surface area (Å²) < 4.78 is 3.60. The van der Waals surface area contributed by atoms with E-state index in [1.54, 1.807) is 10.9 Å². The van der Waals surface area contributed by atoms with Crippen LogP contribution in [-0.2, 0) is 13.2 Å². The van der Waals surface area contributed by atoms with Crippen LogP contribution in [0, 0.1) is 6.92 Å². The molecule has 0 saturated carbocycles. The minimum atomic E-state index is -0.117. The van der Waals surface area contributed by atoms with Crippen LogP contribution in [0.3, 0.4) is 0 Å². The Bertz CT molecular complexity index is 1000. The van der Waals surface area contributed by atoms with E-state index in [0.717, 1.165) is 22.5 Å². The molecular formula is C20H19N5O. The summed E-state index contributed by atoms with van der Waals surface area (Å²) in [6.07, 6.45) is 3.77. The quantitative estimate of drug-likeness (QED) is 0.604. The van der Waals surface area contributed by atoms with Crippen molar-refractivity contribution < 1.29 is 5.11 Å². The molecule has 130 valence electrons. The van der Waals surface area contributed by atoms with Crippen molar-refractivity contribution >= 4 is 0 Å². The Labute approximate surface area is 151 Å². The van der Waals surface area contributed by atoms with E-state index < -0.39 is 0 Å². The third-order valence-electron chi connectivity index (χ3n) is 4.22. The number of aryl methyl sites for hydroxylation is 1. The van der Waals surface area contributed by atoms with E-state index in [1.807, 2.05) is 41.2 Å². The lowest BCUT2D eigenvalue weighted by molar-refractivity contribution is 0.276. The first-order valence-electron chi connectivity index (χ1n) is 8.44. The Balaban J connectivity index is 1.77. The molecule has 0 unspecified atom stereocenters. The number of nitrogens with zero attached hydrogens (tertiary/aromatic N) is 5. The van der Waals surface area contributed by atoms with Gasteiger partial charge < -0.3 is 5.11 Å². The number of hydrogen-bond acceptors (Lipinski definition) is 4. The molecule has 2 heterocycles. The van der Waals surface area contributed by atoms with E-state index in [0.29, 0.717) is 12.2 Å². The summed E-state index contributed by atoms with van der Waals surface area (Å²) in [4.78, 5) is 0. The summed E-state index contributed by atoms with van der Waals surface area (Å²) in [7, 11) is 0. The van der Waals surface area contributed by atoms with E-state index in [2.05, 4.69) is 41.5 Å². The Hall–Kier alpha value is -3.25. The van der Waals surface area contributed by atoms with E-state index in [1.165, 1.54) is 5.56 Å². The molecule has 0 aliphatic rings. The molecule has 0 aliphatic carbocycles. The lowest BCUT2D eigenvalue weighted by Gasteiger charge is -2.03. The second-order valence-corrected chi connectivity index (χ2v) is 6.21. The van der Waals surface area contributed by atoms with Gasteiger partial charge in [0.1, 0.15) is 5.69 Å². The molecular weight excluding hydrogens is 326 g/mol. The molecule has 0 aliphatic heterocycles. The fraction of sp³-hybridized carbons (Fsp3) is 0.150. The molecule has 4 rings (SSSR count). The molecule has 2 aromatic carbocycles. The molecule has 1 N–H and O–H groups in total. The maximum Gasteiger partial charge on any atom is 0.108 e. The van der Waals surface area contributed by atoms with Gasteiger partial charge in [0.05, 0.1) is 30.7 Å². The summed E-state index contributed by atoms with van der Waals surface area (Å²) in [5.74, 6) is 0. The number of hydrogen-bond donors (Lipinski definition) is 1. The lowest BCUT2D eigenvalue weighted by atomic mass is 10.1. The minimum Gasteiger partial charge on any atom is -0.390 e. The molecule has 0 atom stereocenters. The third kappa shape index (κ3) is 3.27. The van der Waals surface area contributed by atoms with Crippen LogP contribution < -0.4 is 0 Å². The van der Waals surface area contributed by atoms with Gasteiger partial charge in [0.25, 0.3) is 0 Å². The van der Waals surface area contributed by atoms with Crippen LogP contribution in [0.5, 0.6) is 0 Å². The zero-order valence-corrected chi connectivity index (χ0v) is 14.4. The zero-order valence-electron chi connectivity index (χ0n) is 14.4. The zero-order chi connectivity index (χ0) is 17.9. The normalized spacial score (nSPS) is 11.0. The van der Waals surface area contributed by atoms with Crippen LogP contribution in [0.4, 0.5) is 0 Å². The van der Waals surface area contributed by atoms with Crippen molar-refractivity contribution in [2.75, 3.05) is 0 Å². The Morgan fingerprint density at radius 2 is 1.73 bits per heavy atom. The van der Waals surface area contributed by atoms with Crippen molar-refractivity contribution in [3.63, 3.8) is 0 Å². The Kier molecular flexibility index (Phi) is 4.33. The predicted molar refractivity (Wildman–Crippen MR) is 98.8 cm³/mol. The van der Waals surface area contributed by atoms with Gasteiger partial charge in [-0.3, -0.25) is 0 Å². The minimum absolute atomic E-state index is 0.117. The van der Waals surface area contributed by atoms with E-state index in [-0.39, 0.29) is 6.61 Å². The molecule has 0 fully saturated rings. The molecule has 0 spiro atoms. The van der Waals surface area contributed by atoms with Crippen molar-refractivity contribution in [2.24, 2.45) is 0 Å². The van der Waals surface area contributed by atoms with Gasteiger partial charge in [-0.25, -0.2) is 9.36 Å². The highest BCUT2D eigenvalue weighted by atomic mass is 16.3. The molecule has 6 heteroatoms. The van der Waals surface area contributed by atoms with E-state index >= 15 is 0 Å². The molecule has 0 saturated heterocycles. The number of aromatic nitrogens is 5. The first kappa shape index (κ1) is 16.2. The number of aliphatic hydroxyl groups excluding tert-OH is 1. The van der Waals surface area contributed by atoms with Crippen LogP contribution >= 0.6 is 0 Å². The van der Waals surface area contributed by atoms with Crippen molar-refractivity contribution in [3.8, 4) is 16.9 Å². The average Bonchev–Trinajstić information content (AvgIpc) is 3.30. The molecule has 0 amide bonds. The molecule has 4 aromatic rings. The third-order valence-corrected chi connectivity index (χ3v) is 4.22. The van der Waals surface area contributed by atoms with Crippen molar-refractivity contribution in [1.82, 2.24) is 24.8 Å². The standard InChI is InChI=1S/C20H19N5O/c1-15-7-9-16(10-8-15)20-17(11-24-13-18(14-26)21-23-24)12-25(22-20)19-5-3-2-4-6-19/h2-10,12-13,26H,11,14H2,1H3. The second kappa shape index (κ2) is 6.93. The van der Waals surface area contributed by atoms with Crippen molar-refractivity contribution in [2.45, 2.75) is 20.1 Å². The first-order valence-corrected chi connectivity index (χ1v) is 8.44. The highest BCUT2D eigenvalue weighted by Gasteiger charge is 2.14. The van der Waals surface area contributed by atoms with E-state index in [9.17, 15) is 5.11 Å². The van der Waals surface area contributed by atoms with Gasteiger partial charge in [0.2, 0.25) is 0 Å². The monoisotopic (exact) mass is 345 g/mol. The van der Waals surface area contributed by atoms with Crippen LogP contribution in [0.1, 0.15) is 16.8 Å². The van der Waals surface area contributed by atoms with Gasteiger partial charge in [0, 0.05) is 17.3 Å². The van der Waals surface area contributed by atoms with Crippen LogP contribution in [0.25, 0.3) is 16.9 Å². The van der Waals surface area contributed by atoms with Crippen molar-refractivity contribution in [3.05, 3.63) is 83.8 Å². The van der Waals surface area contributed by atoms with Crippen LogP contribution in [0.2, 0.25) is 0 Å². The second-order valence-electron chi connectivity index (χ2n) is 6.21. The van der Waals surface area contributed by atoms with Crippen LogP contribution in [-0.4, -0.2) is 29.9 Å². The van der Waals surface area contributed by atoms with Crippen LogP contribution in [0.15, 0.2) is 67.0 Å². The predicted octanol–water partition coefficient (Wildman–Crippen LogP) is 2.98. The Morgan fingerprint density at radius 1 is 0.962 bits per heavy atom. The molecule has 0 radical (unpaired) electrons. The van der Waals surface area contributed by atoms with Gasteiger partial charge in [-0.2, -0.15) is 5.10 Å². The first-order chi connectivity index (χ1) is 12.7. The van der Waals surface area contributed by atoms with Crippen molar-refractivity contribution in [1.29, 1.82) is 0 Å². The molecule has 0 bridgehead atoms. The number of rotatable bonds is 5. The largest absolute Gasteiger partial charge is 0.390 e. The summed E-state index contributed by atoms with van der Waals surface area (Å²) >= 11 is 0. The summed E-state index contributed by atoms with van der Waals surface area (Å²) in [5.41, 5.74) is 5.77. The maximum absolute atomic E-state index is 9.20. The SMILES string of the molecule is Cc1ccc(-c2nn(-c3ccccc3)cc2Cn2cc(CO)nn2)cc1. The number of benzene rings is 2. The fourth-order valence-electron chi connectivity index (χ4n) is 2.86. The van der Waals surface area contributed by atoms with Gasteiger partial charge in [-0.1, -0.05) is 53.2 Å². The van der Waals surface area contributed by atoms with Gasteiger partial charge in [0.15, 0.2) is 0 Å². The summed E-state index contributed by atoms with van der Waals surface area (Å²) in [5, 5.41) is 22.0. The van der Waals surface area contributed by atoms with Gasteiger partial charge in [-0.05, 0) is 19.1 Å². The fourth-order valence-corrected chi connectivity index (χ4v) is 2.86. The maximum atomic E-state index is 9.20. The molecule has 2 aromatic heterocycles. The summed E-state index contributed by atoms with van der Waals surface area (Å²) in [6, 6.07) is 18.3.